The van der Waals surface area contributed by atoms with Gasteiger partial charge >= 0.3 is 0 Å². The Hall–Kier alpha value is -3.08. The summed E-state index contributed by atoms with van der Waals surface area (Å²) in [5.41, 5.74) is 4.94. The van der Waals surface area contributed by atoms with Gasteiger partial charge in [0.05, 0.1) is 18.4 Å². The lowest BCUT2D eigenvalue weighted by molar-refractivity contribution is 0.0789. The summed E-state index contributed by atoms with van der Waals surface area (Å²) < 4.78 is 5.34. The minimum Gasteiger partial charge on any atom is -0.496 e. The van der Waals surface area contributed by atoms with E-state index in [1.165, 1.54) is 0 Å². The molecule has 0 spiro atoms. The number of nitrogens with one attached hydrogen (secondary N) is 1. The number of aromatic amines is 1. The van der Waals surface area contributed by atoms with Crippen LogP contribution in [0.2, 0.25) is 0 Å². The number of nitrogens with zero attached hydrogens (tertiary/aromatic N) is 2. The summed E-state index contributed by atoms with van der Waals surface area (Å²) in [5.74, 6) is 0.632. The zero-order valence-electron chi connectivity index (χ0n) is 17.4. The van der Waals surface area contributed by atoms with Crippen LogP contribution in [0.1, 0.15) is 40.9 Å². The van der Waals surface area contributed by atoms with Crippen LogP contribution in [-0.4, -0.2) is 41.7 Å². The minimum atomic E-state index is 0.00613. The van der Waals surface area contributed by atoms with Gasteiger partial charge in [-0.05, 0) is 44.4 Å². The zero-order valence-corrected chi connectivity index (χ0v) is 17.4. The highest BCUT2D eigenvalue weighted by atomic mass is 16.5. The molecule has 0 aliphatic carbocycles. The van der Waals surface area contributed by atoms with E-state index >= 15 is 0 Å². The number of amides is 1. The van der Waals surface area contributed by atoms with Crippen molar-refractivity contribution in [2.24, 2.45) is 0 Å². The highest BCUT2D eigenvalue weighted by molar-refractivity contribution is 5.97. The Morgan fingerprint density at radius 3 is 2.62 bits per heavy atom. The van der Waals surface area contributed by atoms with Gasteiger partial charge in [0.2, 0.25) is 0 Å². The van der Waals surface area contributed by atoms with Crippen molar-refractivity contribution in [3.05, 3.63) is 71.4 Å². The van der Waals surface area contributed by atoms with E-state index in [1.54, 1.807) is 12.0 Å². The molecule has 3 rings (SSSR count). The summed E-state index contributed by atoms with van der Waals surface area (Å²) >= 11 is 0. The molecule has 0 fully saturated rings. The summed E-state index contributed by atoms with van der Waals surface area (Å²) in [5, 5.41) is 7.54. The van der Waals surface area contributed by atoms with E-state index in [4.69, 9.17) is 4.74 Å². The normalized spacial score (nSPS) is 10.7. The first-order valence-electron chi connectivity index (χ1n) is 10.1. The average molecular weight is 392 g/mol. The lowest BCUT2D eigenvalue weighted by Gasteiger charge is -2.19. The molecule has 0 unspecified atom stereocenters. The SMILES string of the molecule is COc1ccc(C)cc1C(=O)N(C)CCCCCc1cc(-c2ccccc2)n[nH]1. The number of hydrogen-bond acceptors (Lipinski definition) is 3. The van der Waals surface area contributed by atoms with Crippen LogP contribution in [0.3, 0.4) is 0 Å². The van der Waals surface area contributed by atoms with Crippen molar-refractivity contribution in [3.63, 3.8) is 0 Å². The number of unbranched alkanes of at least 4 members (excludes halogenated alkanes) is 2. The van der Waals surface area contributed by atoms with Crippen molar-refractivity contribution in [1.82, 2.24) is 15.1 Å². The number of rotatable bonds is 9. The van der Waals surface area contributed by atoms with Gasteiger partial charge < -0.3 is 9.64 Å². The van der Waals surface area contributed by atoms with Gasteiger partial charge in [0, 0.05) is 24.8 Å². The molecule has 1 N–H and O–H groups in total. The molecule has 1 heterocycles. The molecule has 5 nitrogen and oxygen atoms in total. The van der Waals surface area contributed by atoms with Crippen molar-refractivity contribution in [2.45, 2.75) is 32.6 Å². The summed E-state index contributed by atoms with van der Waals surface area (Å²) in [7, 11) is 3.45. The largest absolute Gasteiger partial charge is 0.496 e. The van der Waals surface area contributed by atoms with Crippen LogP contribution in [0.5, 0.6) is 5.75 Å². The Kier molecular flexibility index (Phi) is 7.06. The lowest BCUT2D eigenvalue weighted by atomic mass is 10.1. The Morgan fingerprint density at radius 1 is 1.07 bits per heavy atom. The van der Waals surface area contributed by atoms with Gasteiger partial charge in [0.15, 0.2) is 0 Å². The van der Waals surface area contributed by atoms with Gasteiger partial charge in [-0.3, -0.25) is 9.89 Å². The molecule has 2 aromatic carbocycles. The zero-order chi connectivity index (χ0) is 20.6. The van der Waals surface area contributed by atoms with E-state index < -0.39 is 0 Å². The minimum absolute atomic E-state index is 0.00613. The van der Waals surface area contributed by atoms with Gasteiger partial charge in [0.25, 0.3) is 5.91 Å². The van der Waals surface area contributed by atoms with E-state index in [2.05, 4.69) is 28.4 Å². The smallest absolute Gasteiger partial charge is 0.257 e. The summed E-state index contributed by atoms with van der Waals surface area (Å²) in [4.78, 5) is 14.5. The molecular weight excluding hydrogens is 362 g/mol. The molecule has 152 valence electrons. The van der Waals surface area contributed by atoms with Crippen LogP contribution in [0.25, 0.3) is 11.3 Å². The Balaban J connectivity index is 1.43. The number of carbonyl (C=O) groups excluding carboxylic acids is 1. The third-order valence-corrected chi connectivity index (χ3v) is 5.07. The molecule has 0 saturated heterocycles. The number of H-pyrrole nitrogens is 1. The molecule has 5 heteroatoms. The summed E-state index contributed by atoms with van der Waals surface area (Å²) in [6.45, 7) is 2.71. The number of carbonyl (C=O) groups is 1. The van der Waals surface area contributed by atoms with Crippen LogP contribution >= 0.6 is 0 Å². The van der Waals surface area contributed by atoms with E-state index in [0.717, 1.165) is 54.7 Å². The molecule has 1 aromatic heterocycles. The average Bonchev–Trinajstić information content (AvgIpc) is 3.22. The van der Waals surface area contributed by atoms with Crippen molar-refractivity contribution in [3.8, 4) is 17.0 Å². The van der Waals surface area contributed by atoms with E-state index in [1.807, 2.05) is 50.4 Å². The van der Waals surface area contributed by atoms with Gasteiger partial charge in [-0.15, -0.1) is 0 Å². The number of methoxy groups -OCH3 is 1. The second kappa shape index (κ2) is 9.92. The highest BCUT2D eigenvalue weighted by Crippen LogP contribution is 2.21. The molecule has 1 amide bonds. The third-order valence-electron chi connectivity index (χ3n) is 5.07. The van der Waals surface area contributed by atoms with E-state index in [-0.39, 0.29) is 5.91 Å². The van der Waals surface area contributed by atoms with Crippen LogP contribution in [0.4, 0.5) is 0 Å². The summed E-state index contributed by atoms with van der Waals surface area (Å²) in [6, 6.07) is 18.0. The van der Waals surface area contributed by atoms with Gasteiger partial charge in [0.1, 0.15) is 5.75 Å². The first-order chi connectivity index (χ1) is 14.1. The highest BCUT2D eigenvalue weighted by Gasteiger charge is 2.16. The maximum atomic E-state index is 12.7. The number of ether oxygens (including phenoxy) is 1. The Bertz CT molecular complexity index is 934. The first-order valence-corrected chi connectivity index (χ1v) is 10.1. The molecule has 29 heavy (non-hydrogen) atoms. The standard InChI is InChI=1S/C24H29N3O2/c1-18-13-14-23(29-3)21(16-18)24(28)27(2)15-9-5-8-12-20-17-22(26-25-20)19-10-6-4-7-11-19/h4,6-7,10-11,13-14,16-17H,5,8-9,12,15H2,1-3H3,(H,25,26). The van der Waals surface area contributed by atoms with Crippen molar-refractivity contribution in [2.75, 3.05) is 20.7 Å². The van der Waals surface area contributed by atoms with Gasteiger partial charge in [-0.1, -0.05) is 48.4 Å². The molecule has 0 aliphatic heterocycles. The molecule has 0 aliphatic rings. The van der Waals surface area contributed by atoms with Crippen LogP contribution in [-0.2, 0) is 6.42 Å². The number of aromatic nitrogens is 2. The number of hydrogen-bond donors (Lipinski definition) is 1. The fourth-order valence-corrected chi connectivity index (χ4v) is 3.38. The second-order valence-electron chi connectivity index (χ2n) is 7.39. The molecule has 0 saturated carbocycles. The van der Waals surface area contributed by atoms with E-state index in [9.17, 15) is 4.79 Å². The number of aryl methyl sites for hydroxylation is 2. The molecular formula is C24H29N3O2. The first kappa shape index (κ1) is 20.6. The van der Waals surface area contributed by atoms with E-state index in [0.29, 0.717) is 11.3 Å². The second-order valence-corrected chi connectivity index (χ2v) is 7.39. The fourth-order valence-electron chi connectivity index (χ4n) is 3.38. The maximum Gasteiger partial charge on any atom is 0.257 e. The Labute approximate surface area is 172 Å². The molecule has 0 radical (unpaired) electrons. The van der Waals surface area contributed by atoms with Crippen LogP contribution < -0.4 is 4.74 Å². The Morgan fingerprint density at radius 2 is 1.86 bits per heavy atom. The third kappa shape index (κ3) is 5.47. The van der Waals surface area contributed by atoms with Gasteiger partial charge in [-0.2, -0.15) is 5.10 Å². The lowest BCUT2D eigenvalue weighted by Crippen LogP contribution is -2.28. The molecule has 0 bridgehead atoms. The topological polar surface area (TPSA) is 58.2 Å². The quantitative estimate of drug-likeness (QED) is 0.529. The number of benzene rings is 2. The van der Waals surface area contributed by atoms with Crippen molar-refractivity contribution >= 4 is 5.91 Å². The van der Waals surface area contributed by atoms with Crippen LogP contribution in [0, 0.1) is 6.92 Å². The van der Waals surface area contributed by atoms with Crippen molar-refractivity contribution in [1.29, 1.82) is 0 Å². The predicted octanol–water partition coefficient (Wildman–Crippen LogP) is 4.88. The van der Waals surface area contributed by atoms with Gasteiger partial charge in [-0.25, -0.2) is 0 Å². The molecule has 3 aromatic rings. The van der Waals surface area contributed by atoms with Crippen LogP contribution in [0.15, 0.2) is 54.6 Å². The monoisotopic (exact) mass is 391 g/mol. The fraction of sp³-hybridized carbons (Fsp3) is 0.333. The maximum absolute atomic E-state index is 12.7. The summed E-state index contributed by atoms with van der Waals surface area (Å²) in [6.07, 6.45) is 4.05. The predicted molar refractivity (Wildman–Crippen MR) is 116 cm³/mol. The molecule has 0 atom stereocenters. The van der Waals surface area contributed by atoms with Crippen molar-refractivity contribution < 1.29 is 9.53 Å².